The number of halogens is 2. The Labute approximate surface area is 135 Å². The summed E-state index contributed by atoms with van der Waals surface area (Å²) in [5.74, 6) is 1.34. The first-order chi connectivity index (χ1) is 9.65. The molecule has 0 amide bonds. The van der Waals surface area contributed by atoms with Gasteiger partial charge < -0.3 is 15.2 Å². The predicted molar refractivity (Wildman–Crippen MR) is 87.1 cm³/mol. The van der Waals surface area contributed by atoms with Gasteiger partial charge >= 0.3 is 0 Å². The fourth-order valence-corrected chi connectivity index (χ4v) is 3.45. The second-order valence-electron chi connectivity index (χ2n) is 4.12. The fraction of sp³-hybridized carbons (Fsp3) is 0.286. The number of nitrogens with two attached hydrogens (primary N) is 1. The number of ether oxygens (including phenoxy) is 2. The maximum Gasteiger partial charge on any atom is 0.165 e. The Balaban J connectivity index is 2.26. The van der Waals surface area contributed by atoms with Gasteiger partial charge in [0.2, 0.25) is 0 Å². The molecular weight excluding hydrogens is 362 g/mol. The van der Waals surface area contributed by atoms with Gasteiger partial charge in [-0.05, 0) is 46.4 Å². The summed E-state index contributed by atoms with van der Waals surface area (Å²) in [7, 11) is 1.60. The molecule has 0 aliphatic carbocycles. The van der Waals surface area contributed by atoms with Crippen LogP contribution in [-0.4, -0.2) is 13.7 Å². The van der Waals surface area contributed by atoms with Crippen LogP contribution < -0.4 is 15.2 Å². The van der Waals surface area contributed by atoms with Crippen LogP contribution in [0, 0.1) is 0 Å². The molecule has 1 heterocycles. The molecular formula is C14H15BrClNO2S. The average molecular weight is 377 g/mol. The Hall–Kier alpha value is -0.750. The van der Waals surface area contributed by atoms with Crippen LogP contribution in [-0.2, 0) is 13.0 Å². The molecule has 0 bridgehead atoms. The Bertz CT molecular complexity index is 589. The molecule has 0 atom stereocenters. The quantitative estimate of drug-likeness (QED) is 0.819. The standard InChI is InChI=1S/C14H15BrClNO2S/c1-18-12-7-10(16)6-9(2-4-17)14(12)19-8-13-11(15)3-5-20-13/h3,5-7H,2,4,8,17H2,1H3. The number of hydrogen-bond donors (Lipinski definition) is 1. The number of hydrogen-bond acceptors (Lipinski definition) is 4. The Morgan fingerprint density at radius 2 is 2.20 bits per heavy atom. The highest BCUT2D eigenvalue weighted by molar-refractivity contribution is 9.10. The van der Waals surface area contributed by atoms with Crippen molar-refractivity contribution in [2.75, 3.05) is 13.7 Å². The number of methoxy groups -OCH3 is 1. The summed E-state index contributed by atoms with van der Waals surface area (Å²) in [5, 5.41) is 2.64. The molecule has 6 heteroatoms. The number of rotatable bonds is 6. The van der Waals surface area contributed by atoms with E-state index in [4.69, 9.17) is 26.8 Å². The van der Waals surface area contributed by atoms with E-state index in [1.54, 1.807) is 24.5 Å². The second-order valence-corrected chi connectivity index (χ2v) is 6.41. The normalized spacial score (nSPS) is 10.6. The molecule has 0 saturated carbocycles. The highest BCUT2D eigenvalue weighted by atomic mass is 79.9. The van der Waals surface area contributed by atoms with Crippen LogP contribution in [0.2, 0.25) is 5.02 Å². The van der Waals surface area contributed by atoms with Crippen LogP contribution in [0.4, 0.5) is 0 Å². The lowest BCUT2D eigenvalue weighted by Crippen LogP contribution is -2.06. The smallest absolute Gasteiger partial charge is 0.165 e. The summed E-state index contributed by atoms with van der Waals surface area (Å²) in [6, 6.07) is 5.62. The second kappa shape index (κ2) is 7.31. The molecule has 20 heavy (non-hydrogen) atoms. The van der Waals surface area contributed by atoms with E-state index in [-0.39, 0.29) is 0 Å². The largest absolute Gasteiger partial charge is 0.493 e. The van der Waals surface area contributed by atoms with Crippen LogP contribution in [0.15, 0.2) is 28.1 Å². The molecule has 0 unspecified atom stereocenters. The van der Waals surface area contributed by atoms with Gasteiger partial charge in [-0.1, -0.05) is 11.6 Å². The molecule has 2 rings (SSSR count). The van der Waals surface area contributed by atoms with E-state index in [1.165, 1.54) is 0 Å². The van der Waals surface area contributed by atoms with Gasteiger partial charge in [-0.15, -0.1) is 11.3 Å². The number of benzene rings is 1. The van der Waals surface area contributed by atoms with Crippen molar-refractivity contribution < 1.29 is 9.47 Å². The molecule has 0 fully saturated rings. The summed E-state index contributed by atoms with van der Waals surface area (Å²) >= 11 is 11.2. The predicted octanol–water partition coefficient (Wildman–Crippen LogP) is 4.25. The highest BCUT2D eigenvalue weighted by Gasteiger charge is 2.13. The van der Waals surface area contributed by atoms with Crippen molar-refractivity contribution in [3.05, 3.63) is 43.5 Å². The molecule has 2 N–H and O–H groups in total. The number of thiophene rings is 1. The lowest BCUT2D eigenvalue weighted by Gasteiger charge is -2.15. The minimum atomic E-state index is 0.480. The summed E-state index contributed by atoms with van der Waals surface area (Å²) in [5.41, 5.74) is 6.60. The zero-order valence-electron chi connectivity index (χ0n) is 11.0. The molecule has 108 valence electrons. The van der Waals surface area contributed by atoms with Crippen LogP contribution in [0.5, 0.6) is 11.5 Å². The summed E-state index contributed by atoms with van der Waals surface area (Å²) < 4.78 is 12.3. The summed E-state index contributed by atoms with van der Waals surface area (Å²) in [6.45, 7) is 1.01. The Morgan fingerprint density at radius 1 is 1.40 bits per heavy atom. The highest BCUT2D eigenvalue weighted by Crippen LogP contribution is 2.36. The maximum atomic E-state index is 6.08. The Morgan fingerprint density at radius 3 is 2.80 bits per heavy atom. The van der Waals surface area contributed by atoms with E-state index >= 15 is 0 Å². The third kappa shape index (κ3) is 3.67. The van der Waals surface area contributed by atoms with Crippen molar-refractivity contribution in [1.82, 2.24) is 0 Å². The molecule has 2 aromatic rings. The van der Waals surface area contributed by atoms with Gasteiger partial charge in [0.05, 0.1) is 12.0 Å². The van der Waals surface area contributed by atoms with Crippen molar-refractivity contribution in [2.24, 2.45) is 5.73 Å². The van der Waals surface area contributed by atoms with E-state index < -0.39 is 0 Å². The van der Waals surface area contributed by atoms with Crippen molar-refractivity contribution in [3.8, 4) is 11.5 Å². The zero-order valence-corrected chi connectivity index (χ0v) is 14.1. The van der Waals surface area contributed by atoms with Crippen LogP contribution in [0.1, 0.15) is 10.4 Å². The molecule has 0 spiro atoms. The average Bonchev–Trinajstić information content (AvgIpc) is 2.83. The molecule has 3 nitrogen and oxygen atoms in total. The Kier molecular flexibility index (Phi) is 5.72. The summed E-state index contributed by atoms with van der Waals surface area (Å²) in [4.78, 5) is 1.13. The zero-order chi connectivity index (χ0) is 14.5. The fourth-order valence-electron chi connectivity index (χ4n) is 1.85. The minimum Gasteiger partial charge on any atom is -0.493 e. The van der Waals surface area contributed by atoms with Gasteiger partial charge in [0.25, 0.3) is 0 Å². The van der Waals surface area contributed by atoms with E-state index in [0.717, 1.165) is 14.9 Å². The molecule has 0 radical (unpaired) electrons. The first-order valence-electron chi connectivity index (χ1n) is 6.07. The van der Waals surface area contributed by atoms with Gasteiger partial charge in [0, 0.05) is 21.1 Å². The van der Waals surface area contributed by atoms with Crippen LogP contribution in [0.3, 0.4) is 0 Å². The molecule has 1 aromatic carbocycles. The monoisotopic (exact) mass is 375 g/mol. The van der Waals surface area contributed by atoms with E-state index in [9.17, 15) is 0 Å². The van der Waals surface area contributed by atoms with Gasteiger partial charge in [0.1, 0.15) is 6.61 Å². The first-order valence-corrected chi connectivity index (χ1v) is 8.12. The van der Waals surface area contributed by atoms with Crippen molar-refractivity contribution >= 4 is 38.9 Å². The van der Waals surface area contributed by atoms with Crippen molar-refractivity contribution in [3.63, 3.8) is 0 Å². The van der Waals surface area contributed by atoms with Gasteiger partial charge in [0.15, 0.2) is 11.5 Å². The van der Waals surface area contributed by atoms with E-state index in [0.29, 0.717) is 36.1 Å². The van der Waals surface area contributed by atoms with Crippen LogP contribution >= 0.6 is 38.9 Å². The molecule has 0 aliphatic rings. The van der Waals surface area contributed by atoms with Crippen molar-refractivity contribution in [2.45, 2.75) is 13.0 Å². The lowest BCUT2D eigenvalue weighted by atomic mass is 10.1. The summed E-state index contributed by atoms with van der Waals surface area (Å²) in [6.07, 6.45) is 0.692. The maximum absolute atomic E-state index is 6.08. The first kappa shape index (κ1) is 15.6. The third-order valence-electron chi connectivity index (χ3n) is 2.77. The van der Waals surface area contributed by atoms with Gasteiger partial charge in [-0.25, -0.2) is 0 Å². The molecule has 0 aliphatic heterocycles. The third-order valence-corrected chi connectivity index (χ3v) is 4.89. The topological polar surface area (TPSA) is 44.5 Å². The molecule has 1 aromatic heterocycles. The van der Waals surface area contributed by atoms with Gasteiger partial charge in [-0.3, -0.25) is 0 Å². The van der Waals surface area contributed by atoms with Crippen LogP contribution in [0.25, 0.3) is 0 Å². The van der Waals surface area contributed by atoms with Gasteiger partial charge in [-0.2, -0.15) is 0 Å². The van der Waals surface area contributed by atoms with Crippen molar-refractivity contribution in [1.29, 1.82) is 0 Å². The lowest BCUT2D eigenvalue weighted by molar-refractivity contribution is 0.283. The van der Waals surface area contributed by atoms with E-state index in [2.05, 4.69) is 15.9 Å². The van der Waals surface area contributed by atoms with E-state index in [1.807, 2.05) is 17.5 Å². The minimum absolute atomic E-state index is 0.480. The molecule has 0 saturated heterocycles. The SMILES string of the molecule is COc1cc(Cl)cc(CCN)c1OCc1sccc1Br.